The van der Waals surface area contributed by atoms with Crippen molar-refractivity contribution in [2.45, 2.75) is 77.3 Å². The molecule has 0 amide bonds. The first-order valence-electron chi connectivity index (χ1n) is 18.3. The molecular weight excluding hydrogens is 687 g/mol. The third kappa shape index (κ3) is 6.63. The first kappa shape index (κ1) is 33.6. The number of pyridine rings is 2. The lowest BCUT2D eigenvalue weighted by Gasteiger charge is -2.25. The van der Waals surface area contributed by atoms with Crippen molar-refractivity contribution in [3.63, 3.8) is 0 Å². The van der Waals surface area contributed by atoms with Gasteiger partial charge < -0.3 is 10.6 Å². The van der Waals surface area contributed by atoms with Crippen LogP contribution in [0.2, 0.25) is 0 Å². The lowest BCUT2D eigenvalue weighted by atomic mass is 9.90. The molecule has 0 aromatic carbocycles. The SMILES string of the molecule is Cc1cnn2c(N[C@@H]3CCC4=C(C=CC4)C3)nc(-c3cncc(F)c3)nc12.Cc1cnn2c(N[C@H]3CCC4=C(C=CC4)C3)nc(-c3cncc(F)c3)nc12. The topological polar surface area (TPSA) is 136 Å². The van der Waals surface area contributed by atoms with Gasteiger partial charge >= 0.3 is 0 Å². The zero-order valence-corrected chi connectivity index (χ0v) is 30.0. The van der Waals surface area contributed by atoms with Gasteiger partial charge in [-0.05, 0) is 88.5 Å². The molecule has 0 radical (unpaired) electrons. The van der Waals surface area contributed by atoms with E-state index in [2.05, 4.69) is 75.0 Å². The fourth-order valence-electron chi connectivity index (χ4n) is 7.67. The van der Waals surface area contributed by atoms with Crippen molar-refractivity contribution in [3.8, 4) is 22.8 Å². The summed E-state index contributed by atoms with van der Waals surface area (Å²) in [7, 11) is 0. The monoisotopic (exact) mass is 724 g/mol. The normalized spacial score (nSPS) is 19.0. The second-order valence-corrected chi connectivity index (χ2v) is 14.3. The van der Waals surface area contributed by atoms with Crippen molar-refractivity contribution < 1.29 is 8.78 Å². The Hall–Kier alpha value is -6.18. The van der Waals surface area contributed by atoms with Gasteiger partial charge in [-0.2, -0.15) is 29.2 Å². The lowest BCUT2D eigenvalue weighted by molar-refractivity contribution is 0.601. The van der Waals surface area contributed by atoms with Gasteiger partial charge in [0.1, 0.15) is 11.6 Å². The van der Waals surface area contributed by atoms with E-state index in [0.717, 1.165) is 62.5 Å². The van der Waals surface area contributed by atoms with E-state index in [-0.39, 0.29) is 12.1 Å². The molecule has 0 saturated carbocycles. The zero-order valence-electron chi connectivity index (χ0n) is 30.0. The van der Waals surface area contributed by atoms with Crippen molar-refractivity contribution in [2.24, 2.45) is 0 Å². The molecule has 54 heavy (non-hydrogen) atoms. The predicted molar refractivity (Wildman–Crippen MR) is 202 cm³/mol. The van der Waals surface area contributed by atoms with Crippen LogP contribution in [0.3, 0.4) is 0 Å². The smallest absolute Gasteiger partial charge is 0.228 e. The number of rotatable bonds is 6. The molecule has 10 rings (SSSR count). The van der Waals surface area contributed by atoms with Gasteiger partial charge in [0.15, 0.2) is 22.9 Å². The average Bonchev–Trinajstić information content (AvgIpc) is 3.99. The van der Waals surface area contributed by atoms with Crippen molar-refractivity contribution in [2.75, 3.05) is 10.6 Å². The molecule has 0 bridgehead atoms. The van der Waals surface area contributed by atoms with E-state index in [9.17, 15) is 8.78 Å². The Balaban J connectivity index is 0.000000142. The zero-order chi connectivity index (χ0) is 36.8. The Morgan fingerprint density at radius 3 is 1.52 bits per heavy atom. The second kappa shape index (κ2) is 14.0. The van der Waals surface area contributed by atoms with Crippen LogP contribution in [0, 0.1) is 25.5 Å². The maximum atomic E-state index is 13.6. The number of fused-ring (bicyclic) bond motifs is 2. The van der Waals surface area contributed by atoms with Crippen LogP contribution >= 0.6 is 0 Å². The summed E-state index contributed by atoms with van der Waals surface area (Å²) < 4.78 is 30.7. The summed E-state index contributed by atoms with van der Waals surface area (Å²) in [5.41, 5.74) is 10.4. The van der Waals surface area contributed by atoms with Crippen molar-refractivity contribution in [1.29, 1.82) is 0 Å². The summed E-state index contributed by atoms with van der Waals surface area (Å²) in [4.78, 5) is 26.3. The van der Waals surface area contributed by atoms with Crippen molar-refractivity contribution in [3.05, 3.63) is 119 Å². The fraction of sp³-hybridized carbons (Fsp3) is 0.300. The second-order valence-electron chi connectivity index (χ2n) is 14.3. The van der Waals surface area contributed by atoms with Crippen LogP contribution in [0.4, 0.5) is 20.7 Å². The number of anilines is 2. The molecule has 0 spiro atoms. The van der Waals surface area contributed by atoms with E-state index in [0.29, 0.717) is 46.0 Å². The van der Waals surface area contributed by atoms with Crippen LogP contribution < -0.4 is 10.6 Å². The molecule has 6 aromatic heterocycles. The molecule has 2 N–H and O–H groups in total. The molecule has 14 heteroatoms. The van der Waals surface area contributed by atoms with Gasteiger partial charge in [-0.1, -0.05) is 35.5 Å². The predicted octanol–water partition coefficient (Wildman–Crippen LogP) is 7.71. The number of halogens is 2. The first-order valence-corrected chi connectivity index (χ1v) is 18.3. The van der Waals surface area contributed by atoms with Crippen LogP contribution in [0.5, 0.6) is 0 Å². The highest BCUT2D eigenvalue weighted by molar-refractivity contribution is 5.63. The molecule has 0 fully saturated rings. The van der Waals surface area contributed by atoms with E-state index in [4.69, 9.17) is 0 Å². The lowest BCUT2D eigenvalue weighted by Crippen LogP contribution is -2.25. The molecule has 0 saturated heterocycles. The van der Waals surface area contributed by atoms with Crippen LogP contribution in [0.15, 0.2) is 95.9 Å². The minimum Gasteiger partial charge on any atom is -0.351 e. The summed E-state index contributed by atoms with van der Waals surface area (Å²) >= 11 is 0. The van der Waals surface area contributed by atoms with E-state index >= 15 is 0 Å². The Bertz CT molecular complexity index is 2370. The third-order valence-corrected chi connectivity index (χ3v) is 10.5. The minimum atomic E-state index is -0.407. The average molecular weight is 725 g/mol. The Labute approximate surface area is 309 Å². The molecule has 272 valence electrons. The van der Waals surface area contributed by atoms with Gasteiger partial charge in [0, 0.05) is 46.7 Å². The Kier molecular flexibility index (Phi) is 8.72. The summed E-state index contributed by atoms with van der Waals surface area (Å²) in [5, 5.41) is 15.9. The van der Waals surface area contributed by atoms with Crippen LogP contribution in [0.1, 0.15) is 62.5 Å². The quantitative estimate of drug-likeness (QED) is 0.176. The Morgan fingerprint density at radius 1 is 0.611 bits per heavy atom. The summed E-state index contributed by atoms with van der Waals surface area (Å²) in [6, 6.07) is 3.37. The molecule has 4 aliphatic carbocycles. The van der Waals surface area contributed by atoms with E-state index in [1.54, 1.807) is 45.0 Å². The van der Waals surface area contributed by atoms with Crippen molar-refractivity contribution in [1.82, 2.24) is 49.1 Å². The molecule has 12 nitrogen and oxygen atoms in total. The van der Waals surface area contributed by atoms with Crippen LogP contribution in [-0.4, -0.2) is 61.2 Å². The highest BCUT2D eigenvalue weighted by atomic mass is 19.1. The molecule has 6 heterocycles. The number of aryl methyl sites for hydroxylation is 2. The van der Waals surface area contributed by atoms with E-state index in [1.165, 1.54) is 35.7 Å². The first-order chi connectivity index (χ1) is 26.3. The summed E-state index contributed by atoms with van der Waals surface area (Å²) in [5.74, 6) is 1.33. The number of nitrogens with one attached hydrogen (secondary N) is 2. The molecule has 2 atom stereocenters. The largest absolute Gasteiger partial charge is 0.351 e. The number of nitrogens with zero attached hydrogens (tertiary/aromatic N) is 10. The van der Waals surface area contributed by atoms with Crippen LogP contribution in [0.25, 0.3) is 34.1 Å². The maximum absolute atomic E-state index is 13.6. The summed E-state index contributed by atoms with van der Waals surface area (Å²) in [6.07, 6.45) is 26.5. The number of aromatic nitrogens is 10. The number of allylic oxidation sites excluding steroid dienone is 6. The standard InChI is InChI=1S/2C20H19FN6/c2*1-12-9-23-27-19(12)25-18(15-7-16(21)11-22-10-15)26-20(27)24-17-6-5-13-3-2-4-14(13)8-17/h2*2,4,7,9-11,17H,3,5-6,8H2,1H3,(H,24,25,26)/t2*17-/m10/s1. The van der Waals surface area contributed by atoms with Gasteiger partial charge in [0.05, 0.1) is 24.8 Å². The van der Waals surface area contributed by atoms with Gasteiger partial charge in [0.2, 0.25) is 11.9 Å². The third-order valence-electron chi connectivity index (χ3n) is 10.5. The fourth-order valence-corrected chi connectivity index (χ4v) is 7.67. The Morgan fingerprint density at radius 2 is 1.07 bits per heavy atom. The maximum Gasteiger partial charge on any atom is 0.228 e. The van der Waals surface area contributed by atoms with Gasteiger partial charge in [-0.15, -0.1) is 0 Å². The van der Waals surface area contributed by atoms with Gasteiger partial charge in [-0.3, -0.25) is 9.97 Å². The summed E-state index contributed by atoms with van der Waals surface area (Å²) in [6.45, 7) is 3.90. The van der Waals surface area contributed by atoms with E-state index < -0.39 is 11.6 Å². The number of hydrogen-bond donors (Lipinski definition) is 2. The van der Waals surface area contributed by atoms with Crippen LogP contribution in [-0.2, 0) is 0 Å². The molecule has 0 unspecified atom stereocenters. The van der Waals surface area contributed by atoms with Gasteiger partial charge in [0.25, 0.3) is 0 Å². The highest BCUT2D eigenvalue weighted by Crippen LogP contribution is 2.35. The highest BCUT2D eigenvalue weighted by Gasteiger charge is 2.25. The minimum absolute atomic E-state index is 0.285. The molecular formula is C40H38F2N12. The van der Waals surface area contributed by atoms with Crippen molar-refractivity contribution >= 4 is 23.2 Å². The van der Waals surface area contributed by atoms with E-state index in [1.807, 2.05) is 13.8 Å². The van der Waals surface area contributed by atoms with Gasteiger partial charge in [-0.25, -0.2) is 18.7 Å². The molecule has 4 aliphatic rings. The number of hydrogen-bond acceptors (Lipinski definition) is 10. The molecule has 6 aromatic rings. The molecule has 0 aliphatic heterocycles.